The predicted octanol–water partition coefficient (Wildman–Crippen LogP) is 3.24. The Morgan fingerprint density at radius 2 is 1.97 bits per heavy atom. The van der Waals surface area contributed by atoms with Crippen LogP contribution in [0.3, 0.4) is 0 Å². The summed E-state index contributed by atoms with van der Waals surface area (Å²) in [5, 5.41) is 20.8. The van der Waals surface area contributed by atoms with Crippen molar-refractivity contribution in [3.05, 3.63) is 11.8 Å². The molecule has 10 heteroatoms. The van der Waals surface area contributed by atoms with Crippen molar-refractivity contribution in [2.24, 2.45) is 0 Å². The quantitative estimate of drug-likeness (QED) is 0.592. The molecule has 0 saturated carbocycles. The zero-order chi connectivity index (χ0) is 23.5. The Bertz CT molecular complexity index is 910. The molecule has 1 aliphatic rings. The molecule has 0 spiro atoms. The highest BCUT2D eigenvalue weighted by Crippen LogP contribution is 2.24. The van der Waals surface area contributed by atoms with Crippen molar-refractivity contribution in [1.82, 2.24) is 24.5 Å². The number of fused-ring (bicyclic) bond motifs is 1. The van der Waals surface area contributed by atoms with E-state index in [-0.39, 0.29) is 30.7 Å². The number of likely N-dealkylation sites (tertiary alicyclic amines) is 1. The number of hydrogen-bond donors (Lipinski definition) is 3. The molecule has 1 amide bonds. The Balaban J connectivity index is 1.77. The number of aliphatic hydroxyl groups excluding tert-OH is 1. The minimum Gasteiger partial charge on any atom is -0.444 e. The second-order valence-corrected chi connectivity index (χ2v) is 9.68. The van der Waals surface area contributed by atoms with Crippen molar-refractivity contribution in [3.63, 3.8) is 0 Å². The molecule has 1 aliphatic heterocycles. The highest BCUT2D eigenvalue weighted by Gasteiger charge is 2.28. The zero-order valence-corrected chi connectivity index (χ0v) is 20.1. The van der Waals surface area contributed by atoms with Gasteiger partial charge in [-0.2, -0.15) is 19.6 Å². The molecule has 10 nitrogen and oxygen atoms in total. The van der Waals surface area contributed by atoms with E-state index in [9.17, 15) is 9.90 Å². The molecular formula is C22H37N7O3. The van der Waals surface area contributed by atoms with Gasteiger partial charge in [0.15, 0.2) is 5.65 Å². The third kappa shape index (κ3) is 5.79. The van der Waals surface area contributed by atoms with Crippen LogP contribution < -0.4 is 10.6 Å². The maximum Gasteiger partial charge on any atom is 0.410 e. The summed E-state index contributed by atoms with van der Waals surface area (Å²) in [6, 6.07) is 0.0268. The van der Waals surface area contributed by atoms with E-state index < -0.39 is 5.60 Å². The second-order valence-electron chi connectivity index (χ2n) is 9.68. The van der Waals surface area contributed by atoms with E-state index in [1.807, 2.05) is 33.9 Å². The monoisotopic (exact) mass is 447 g/mol. The molecule has 0 aliphatic carbocycles. The van der Waals surface area contributed by atoms with E-state index >= 15 is 0 Å². The molecule has 1 atom stereocenters. The average Bonchev–Trinajstić information content (AvgIpc) is 3.16. The Morgan fingerprint density at radius 1 is 1.28 bits per heavy atom. The minimum absolute atomic E-state index is 0.00717. The predicted molar refractivity (Wildman–Crippen MR) is 124 cm³/mol. The molecule has 0 radical (unpaired) electrons. The summed E-state index contributed by atoms with van der Waals surface area (Å²) < 4.78 is 7.23. The number of nitrogens with one attached hydrogen (secondary N) is 2. The molecule has 2 aromatic rings. The number of ether oxygens (including phenoxy) is 1. The van der Waals surface area contributed by atoms with E-state index in [4.69, 9.17) is 4.74 Å². The van der Waals surface area contributed by atoms with Crippen LogP contribution in [-0.4, -0.2) is 73.1 Å². The molecular weight excluding hydrogens is 410 g/mol. The van der Waals surface area contributed by atoms with Crippen molar-refractivity contribution < 1.29 is 14.6 Å². The lowest BCUT2D eigenvalue weighted by Gasteiger charge is -2.33. The molecule has 0 aromatic carbocycles. The van der Waals surface area contributed by atoms with Gasteiger partial charge in [0, 0.05) is 24.7 Å². The fraction of sp³-hybridized carbons (Fsp3) is 0.727. The van der Waals surface area contributed by atoms with Crippen LogP contribution in [0.15, 0.2) is 6.20 Å². The fourth-order valence-corrected chi connectivity index (χ4v) is 3.63. The summed E-state index contributed by atoms with van der Waals surface area (Å²) in [5.41, 5.74) is 1.29. The number of amides is 1. The van der Waals surface area contributed by atoms with Crippen molar-refractivity contribution in [3.8, 4) is 0 Å². The summed E-state index contributed by atoms with van der Waals surface area (Å²) >= 11 is 0. The third-order valence-corrected chi connectivity index (χ3v) is 5.54. The highest BCUT2D eigenvalue weighted by molar-refractivity contribution is 5.68. The molecule has 2 aromatic heterocycles. The highest BCUT2D eigenvalue weighted by atomic mass is 16.6. The maximum atomic E-state index is 12.3. The summed E-state index contributed by atoms with van der Waals surface area (Å²) in [6.45, 7) is 13.1. The molecule has 3 rings (SSSR count). The maximum absolute atomic E-state index is 12.3. The topological polar surface area (TPSA) is 117 Å². The first-order valence-electron chi connectivity index (χ1n) is 11.5. The van der Waals surface area contributed by atoms with Crippen LogP contribution in [0.1, 0.15) is 72.3 Å². The molecule has 1 fully saturated rings. The molecule has 178 valence electrons. The Kier molecular flexibility index (Phi) is 7.43. The molecule has 3 N–H and O–H groups in total. The number of aromatic nitrogens is 4. The van der Waals surface area contributed by atoms with Gasteiger partial charge in [0.25, 0.3) is 0 Å². The smallest absolute Gasteiger partial charge is 0.410 e. The van der Waals surface area contributed by atoms with Gasteiger partial charge in [-0.15, -0.1) is 0 Å². The number of carbonyl (C=O) groups is 1. The number of piperidine rings is 1. The van der Waals surface area contributed by atoms with Crippen molar-refractivity contribution in [2.75, 3.05) is 30.3 Å². The first kappa shape index (κ1) is 24.0. The third-order valence-electron chi connectivity index (χ3n) is 5.54. The molecule has 0 bridgehead atoms. The van der Waals surface area contributed by atoms with Gasteiger partial charge in [-0.1, -0.05) is 20.8 Å². The molecule has 3 heterocycles. The van der Waals surface area contributed by atoms with Crippen LogP contribution in [-0.2, 0) is 4.74 Å². The molecule has 32 heavy (non-hydrogen) atoms. The largest absolute Gasteiger partial charge is 0.444 e. The Labute approximate surface area is 189 Å². The van der Waals surface area contributed by atoms with Gasteiger partial charge in [0.1, 0.15) is 5.60 Å². The minimum atomic E-state index is -0.499. The number of rotatable bonds is 7. The summed E-state index contributed by atoms with van der Waals surface area (Å²) in [5.74, 6) is 1.34. The number of aliphatic hydroxyl groups is 1. The van der Waals surface area contributed by atoms with Crippen molar-refractivity contribution in [2.45, 2.75) is 84.4 Å². The van der Waals surface area contributed by atoms with Crippen molar-refractivity contribution >= 4 is 23.6 Å². The second kappa shape index (κ2) is 9.89. The fourth-order valence-electron chi connectivity index (χ4n) is 3.63. The summed E-state index contributed by atoms with van der Waals surface area (Å²) in [6.07, 6.45) is 3.88. The standard InChI is InChI=1S/C22H37N7O3/c1-7-15(13-30)24-19-26-18-17(14(2)3)12-23-29(18)20(27-19)25-16-8-10-28(11-9-16)21(31)32-22(4,5)6/h12,14-16,30H,7-11,13H2,1-6H3,(H2,24,25,26,27)/t15-/m1/s1. The lowest BCUT2D eigenvalue weighted by atomic mass is 10.1. The van der Waals surface area contributed by atoms with E-state index in [1.54, 1.807) is 9.42 Å². The zero-order valence-electron chi connectivity index (χ0n) is 20.1. The number of anilines is 2. The molecule has 0 unspecified atom stereocenters. The van der Waals surface area contributed by atoms with Gasteiger partial charge >= 0.3 is 6.09 Å². The van der Waals surface area contributed by atoms with Gasteiger partial charge in [0.05, 0.1) is 18.8 Å². The Hall–Kier alpha value is -2.62. The first-order valence-corrected chi connectivity index (χ1v) is 11.5. The van der Waals surface area contributed by atoms with Crippen LogP contribution >= 0.6 is 0 Å². The number of carbonyl (C=O) groups excluding carboxylic acids is 1. The van der Waals surface area contributed by atoms with Gasteiger partial charge in [-0.25, -0.2) is 4.79 Å². The number of hydrogen-bond acceptors (Lipinski definition) is 8. The van der Waals surface area contributed by atoms with Gasteiger partial charge in [-0.05, 0) is 46.0 Å². The SMILES string of the molecule is CC[C@H](CO)Nc1nc(NC2CCN(C(=O)OC(C)(C)C)CC2)n2ncc(C(C)C)c2n1. The van der Waals surface area contributed by atoms with Crippen LogP contribution in [0.4, 0.5) is 16.7 Å². The first-order chi connectivity index (χ1) is 15.1. The molecule has 1 saturated heterocycles. The summed E-state index contributed by atoms with van der Waals surface area (Å²) in [4.78, 5) is 23.4. The normalized spacial score (nSPS) is 16.4. The summed E-state index contributed by atoms with van der Waals surface area (Å²) in [7, 11) is 0. The lowest BCUT2D eigenvalue weighted by Crippen LogP contribution is -2.44. The number of nitrogens with zero attached hydrogens (tertiary/aromatic N) is 5. The van der Waals surface area contributed by atoms with Gasteiger partial charge < -0.3 is 25.4 Å². The van der Waals surface area contributed by atoms with Crippen LogP contribution in [0.25, 0.3) is 5.65 Å². The van der Waals surface area contributed by atoms with E-state index in [1.165, 1.54) is 0 Å². The van der Waals surface area contributed by atoms with Crippen molar-refractivity contribution in [1.29, 1.82) is 0 Å². The van der Waals surface area contributed by atoms with Gasteiger partial charge in [-0.3, -0.25) is 0 Å². The van der Waals surface area contributed by atoms with Crippen LogP contribution in [0.5, 0.6) is 0 Å². The van der Waals surface area contributed by atoms with Crippen LogP contribution in [0, 0.1) is 0 Å². The van der Waals surface area contributed by atoms with E-state index in [0.29, 0.717) is 25.0 Å². The van der Waals surface area contributed by atoms with E-state index in [0.717, 1.165) is 30.5 Å². The Morgan fingerprint density at radius 3 is 2.53 bits per heavy atom. The van der Waals surface area contributed by atoms with Gasteiger partial charge in [0.2, 0.25) is 11.9 Å². The average molecular weight is 448 g/mol. The van der Waals surface area contributed by atoms with Crippen LogP contribution in [0.2, 0.25) is 0 Å². The van der Waals surface area contributed by atoms with E-state index in [2.05, 4.69) is 39.5 Å². The lowest BCUT2D eigenvalue weighted by molar-refractivity contribution is 0.0210.